The van der Waals surface area contributed by atoms with Gasteiger partial charge >= 0.3 is 0 Å². The van der Waals surface area contributed by atoms with Crippen LogP contribution >= 0.6 is 23.4 Å². The molecule has 0 fully saturated rings. The second-order valence-electron chi connectivity index (χ2n) is 3.98. The van der Waals surface area contributed by atoms with Gasteiger partial charge in [0.15, 0.2) is 0 Å². The summed E-state index contributed by atoms with van der Waals surface area (Å²) in [7, 11) is 0. The van der Waals surface area contributed by atoms with Crippen LogP contribution in [0, 0.1) is 5.82 Å². The minimum absolute atomic E-state index is 0.0771. The predicted molar refractivity (Wildman–Crippen MR) is 77.7 cm³/mol. The normalized spacial score (nSPS) is 10.7. The van der Waals surface area contributed by atoms with E-state index in [1.165, 1.54) is 36.4 Å². The fraction of sp³-hybridized carbons (Fsp3) is 0.0714. The van der Waals surface area contributed by atoms with Crippen molar-refractivity contribution in [2.75, 3.05) is 5.32 Å². The molecule has 1 amide bonds. The number of amides is 1. The zero-order chi connectivity index (χ0) is 15.4. The van der Waals surface area contributed by atoms with Crippen LogP contribution in [0.3, 0.4) is 0 Å². The van der Waals surface area contributed by atoms with Gasteiger partial charge in [0.1, 0.15) is 5.82 Å². The van der Waals surface area contributed by atoms with Crippen molar-refractivity contribution in [3.63, 3.8) is 0 Å². The number of hydrogen-bond acceptors (Lipinski definition) is 2. The van der Waals surface area contributed by atoms with Gasteiger partial charge in [0, 0.05) is 10.5 Å². The third-order valence-corrected chi connectivity index (χ3v) is 3.56. The number of rotatable bonds is 4. The number of halogens is 4. The summed E-state index contributed by atoms with van der Waals surface area (Å²) >= 11 is 6.20. The van der Waals surface area contributed by atoms with E-state index in [0.717, 1.165) is 6.07 Å². The summed E-state index contributed by atoms with van der Waals surface area (Å²) in [5.41, 5.74) is 0.558. The van der Waals surface area contributed by atoms with E-state index >= 15 is 0 Å². The molecule has 2 aromatic rings. The molecule has 0 heterocycles. The van der Waals surface area contributed by atoms with Crippen molar-refractivity contribution in [3.8, 4) is 0 Å². The molecule has 21 heavy (non-hydrogen) atoms. The third-order valence-electron chi connectivity index (χ3n) is 2.52. The van der Waals surface area contributed by atoms with Crippen molar-refractivity contribution in [2.24, 2.45) is 0 Å². The molecule has 2 aromatic carbocycles. The molecule has 0 atom stereocenters. The highest BCUT2D eigenvalue weighted by molar-refractivity contribution is 7.99. The van der Waals surface area contributed by atoms with E-state index < -0.39 is 17.5 Å². The Morgan fingerprint density at radius 1 is 1.14 bits per heavy atom. The predicted octanol–water partition coefficient (Wildman–Crippen LogP) is 5.05. The van der Waals surface area contributed by atoms with Crippen LogP contribution in [0.5, 0.6) is 0 Å². The molecule has 0 radical (unpaired) electrons. The van der Waals surface area contributed by atoms with E-state index in [4.69, 9.17) is 11.6 Å². The first-order valence-electron chi connectivity index (χ1n) is 5.77. The van der Waals surface area contributed by atoms with Crippen LogP contribution in [0.4, 0.5) is 18.9 Å². The fourth-order valence-corrected chi connectivity index (χ4v) is 2.29. The van der Waals surface area contributed by atoms with E-state index in [2.05, 4.69) is 5.32 Å². The lowest BCUT2D eigenvalue weighted by Crippen LogP contribution is -2.12. The van der Waals surface area contributed by atoms with Crippen LogP contribution in [0.1, 0.15) is 10.4 Å². The lowest BCUT2D eigenvalue weighted by Gasteiger charge is -2.08. The maximum absolute atomic E-state index is 12.9. The Morgan fingerprint density at radius 3 is 2.38 bits per heavy atom. The molecule has 110 valence electrons. The minimum Gasteiger partial charge on any atom is -0.321 e. The summed E-state index contributed by atoms with van der Waals surface area (Å²) < 4.78 is 37.3. The smallest absolute Gasteiger partial charge is 0.288 e. The van der Waals surface area contributed by atoms with Gasteiger partial charge in [0.25, 0.3) is 11.7 Å². The Morgan fingerprint density at radius 2 is 1.81 bits per heavy atom. The second-order valence-corrected chi connectivity index (χ2v) is 5.45. The number of alkyl halides is 2. The molecule has 0 saturated heterocycles. The maximum atomic E-state index is 12.9. The van der Waals surface area contributed by atoms with Crippen LogP contribution in [0.2, 0.25) is 5.02 Å². The SMILES string of the molecule is O=C(Nc1ccc(F)cc1Cl)c1ccc(SC(F)F)cc1. The summed E-state index contributed by atoms with van der Waals surface area (Å²) in [4.78, 5) is 12.3. The first kappa shape index (κ1) is 15.7. The number of thioether (sulfide) groups is 1. The topological polar surface area (TPSA) is 29.1 Å². The van der Waals surface area contributed by atoms with Gasteiger partial charge in [-0.2, -0.15) is 8.78 Å². The average Bonchev–Trinajstić information content (AvgIpc) is 2.42. The number of nitrogens with one attached hydrogen (secondary N) is 1. The lowest BCUT2D eigenvalue weighted by atomic mass is 10.2. The Labute approximate surface area is 128 Å². The van der Waals surface area contributed by atoms with Crippen LogP contribution in [-0.4, -0.2) is 11.7 Å². The molecule has 7 heteroatoms. The lowest BCUT2D eigenvalue weighted by molar-refractivity contribution is 0.102. The molecule has 0 aromatic heterocycles. The van der Waals surface area contributed by atoms with Gasteiger partial charge in [-0.05, 0) is 42.5 Å². The summed E-state index contributed by atoms with van der Waals surface area (Å²) in [5.74, 6) is -3.48. The molecule has 0 aliphatic carbocycles. The van der Waals surface area contributed by atoms with Gasteiger partial charge in [-0.3, -0.25) is 4.79 Å². The van der Waals surface area contributed by atoms with Crippen molar-refractivity contribution >= 4 is 35.0 Å². The van der Waals surface area contributed by atoms with Gasteiger partial charge in [-0.15, -0.1) is 0 Å². The van der Waals surface area contributed by atoms with Crippen molar-refractivity contribution in [3.05, 3.63) is 58.9 Å². The minimum atomic E-state index is -2.51. The van der Waals surface area contributed by atoms with Gasteiger partial charge < -0.3 is 5.32 Å². The van der Waals surface area contributed by atoms with Crippen LogP contribution in [-0.2, 0) is 0 Å². The van der Waals surface area contributed by atoms with E-state index in [9.17, 15) is 18.0 Å². The average molecular weight is 332 g/mol. The van der Waals surface area contributed by atoms with Crippen LogP contribution in [0.25, 0.3) is 0 Å². The molecule has 2 nitrogen and oxygen atoms in total. The summed E-state index contributed by atoms with van der Waals surface area (Å²) in [6, 6.07) is 9.31. The molecule has 0 unspecified atom stereocenters. The van der Waals surface area contributed by atoms with Crippen molar-refractivity contribution < 1.29 is 18.0 Å². The number of carbonyl (C=O) groups is 1. The molecular weight excluding hydrogens is 323 g/mol. The first-order valence-corrected chi connectivity index (χ1v) is 7.03. The largest absolute Gasteiger partial charge is 0.321 e. The van der Waals surface area contributed by atoms with E-state index in [1.54, 1.807) is 0 Å². The van der Waals surface area contributed by atoms with Crippen molar-refractivity contribution in [1.82, 2.24) is 0 Å². The Hall–Kier alpha value is -1.66. The molecule has 2 rings (SSSR count). The Bertz CT molecular complexity index is 649. The Kier molecular flexibility index (Phi) is 5.14. The highest BCUT2D eigenvalue weighted by Gasteiger charge is 2.10. The fourth-order valence-electron chi connectivity index (χ4n) is 1.57. The zero-order valence-corrected chi connectivity index (χ0v) is 12.0. The van der Waals surface area contributed by atoms with E-state index in [0.29, 0.717) is 16.7 Å². The number of benzene rings is 2. The second kappa shape index (κ2) is 6.87. The molecule has 0 aliphatic heterocycles. The maximum Gasteiger partial charge on any atom is 0.288 e. The molecular formula is C14H9ClF3NOS. The van der Waals surface area contributed by atoms with E-state index in [1.807, 2.05) is 0 Å². The molecule has 0 bridgehead atoms. The van der Waals surface area contributed by atoms with E-state index in [-0.39, 0.29) is 16.3 Å². The highest BCUT2D eigenvalue weighted by Crippen LogP contribution is 2.26. The summed E-state index contributed by atoms with van der Waals surface area (Å²) in [6.07, 6.45) is 0. The Balaban J connectivity index is 2.09. The standard InChI is InChI=1S/C14H9ClF3NOS/c15-11-7-9(16)3-6-12(11)19-13(20)8-1-4-10(5-2-8)21-14(17)18/h1-7,14H,(H,19,20). The van der Waals surface area contributed by atoms with Gasteiger partial charge in [0.2, 0.25) is 0 Å². The monoisotopic (exact) mass is 331 g/mol. The quantitative estimate of drug-likeness (QED) is 0.795. The zero-order valence-electron chi connectivity index (χ0n) is 10.4. The third kappa shape index (κ3) is 4.41. The summed E-state index contributed by atoms with van der Waals surface area (Å²) in [6.45, 7) is 0. The van der Waals surface area contributed by atoms with Gasteiger partial charge in [0.05, 0.1) is 10.7 Å². The van der Waals surface area contributed by atoms with Gasteiger partial charge in [-0.25, -0.2) is 4.39 Å². The van der Waals surface area contributed by atoms with Crippen LogP contribution < -0.4 is 5.32 Å². The number of hydrogen-bond donors (Lipinski definition) is 1. The molecule has 0 aliphatic rings. The highest BCUT2D eigenvalue weighted by atomic mass is 35.5. The molecule has 0 saturated carbocycles. The molecule has 0 spiro atoms. The van der Waals surface area contributed by atoms with Crippen molar-refractivity contribution in [1.29, 1.82) is 0 Å². The number of carbonyl (C=O) groups excluding carboxylic acids is 1. The summed E-state index contributed by atoms with van der Waals surface area (Å²) in [5, 5.41) is 2.60. The van der Waals surface area contributed by atoms with Gasteiger partial charge in [-0.1, -0.05) is 23.4 Å². The molecule has 1 N–H and O–H groups in total. The van der Waals surface area contributed by atoms with Crippen LogP contribution in [0.15, 0.2) is 47.4 Å². The first-order chi connectivity index (χ1) is 9.95. The van der Waals surface area contributed by atoms with Crippen molar-refractivity contribution in [2.45, 2.75) is 10.7 Å². The number of anilines is 1.